The summed E-state index contributed by atoms with van der Waals surface area (Å²) in [6, 6.07) is 4.47. The zero-order chi connectivity index (χ0) is 21.5. The van der Waals surface area contributed by atoms with Crippen molar-refractivity contribution in [3.8, 4) is 23.6 Å². The first-order valence-electron chi connectivity index (χ1n) is 9.63. The molecule has 5 atom stereocenters. The lowest BCUT2D eigenvalue weighted by molar-refractivity contribution is -0.349. The molecule has 0 unspecified atom stereocenters. The number of benzene rings is 1. The van der Waals surface area contributed by atoms with Crippen LogP contribution in [0.15, 0.2) is 28.9 Å². The van der Waals surface area contributed by atoms with Crippen molar-refractivity contribution in [2.45, 2.75) is 56.5 Å². The minimum Gasteiger partial charge on any atom is -0.376 e. The minimum absolute atomic E-state index is 0.328. The second-order valence-electron chi connectivity index (χ2n) is 7.82. The fourth-order valence-corrected chi connectivity index (χ4v) is 4.26. The SMILES string of the molecule is C#CC[C@H]1O[C@@H]2COC(C)(C)O[C@@H]2[C@H](n2cc(-c3ccc(Br)c(F)c3)nn2)[C@H]1OC. The third-order valence-corrected chi connectivity index (χ3v) is 6.04. The molecular formula is C21H23BrFN3O4. The van der Waals surface area contributed by atoms with Gasteiger partial charge in [0.1, 0.15) is 35.9 Å². The summed E-state index contributed by atoms with van der Waals surface area (Å²) in [5.41, 5.74) is 1.16. The maximum absolute atomic E-state index is 14.0. The summed E-state index contributed by atoms with van der Waals surface area (Å²) in [6.45, 7) is 4.07. The van der Waals surface area contributed by atoms with E-state index >= 15 is 0 Å². The molecule has 0 saturated carbocycles. The molecule has 3 heterocycles. The van der Waals surface area contributed by atoms with Crippen LogP contribution in [0.25, 0.3) is 11.3 Å². The summed E-state index contributed by atoms with van der Waals surface area (Å²) in [5.74, 6) is 1.50. The van der Waals surface area contributed by atoms with Crippen LogP contribution in [0.3, 0.4) is 0 Å². The average Bonchev–Trinajstić information content (AvgIpc) is 3.19. The highest BCUT2D eigenvalue weighted by molar-refractivity contribution is 9.10. The van der Waals surface area contributed by atoms with Crippen molar-refractivity contribution in [3.63, 3.8) is 0 Å². The summed E-state index contributed by atoms with van der Waals surface area (Å²) in [4.78, 5) is 0. The van der Waals surface area contributed by atoms with Gasteiger partial charge in [0, 0.05) is 19.1 Å². The van der Waals surface area contributed by atoms with E-state index in [-0.39, 0.29) is 30.2 Å². The van der Waals surface area contributed by atoms with Crippen LogP contribution < -0.4 is 0 Å². The zero-order valence-corrected chi connectivity index (χ0v) is 18.5. The standard InChI is InChI=1S/C21H23BrFN3O4/c1-5-6-16-19(27-4)18(20-17(29-16)11-28-21(2,3)30-20)26-10-15(24-25-26)12-7-8-13(22)14(23)9-12/h1,7-10,16-20H,6,11H2,2-4H3/t16-,17-,18-,19+,20+/m1/s1. The third kappa shape index (κ3) is 4.03. The lowest BCUT2D eigenvalue weighted by Gasteiger charge is -2.50. The van der Waals surface area contributed by atoms with Crippen LogP contribution in [-0.2, 0) is 18.9 Å². The Hall–Kier alpha value is -1.83. The topological polar surface area (TPSA) is 67.6 Å². The van der Waals surface area contributed by atoms with Gasteiger partial charge in [0.15, 0.2) is 5.79 Å². The Morgan fingerprint density at radius 3 is 2.93 bits per heavy atom. The van der Waals surface area contributed by atoms with E-state index in [1.807, 2.05) is 13.8 Å². The molecule has 9 heteroatoms. The summed E-state index contributed by atoms with van der Waals surface area (Å²) in [5, 5.41) is 8.58. The molecule has 2 fully saturated rings. The van der Waals surface area contributed by atoms with E-state index < -0.39 is 11.9 Å². The lowest BCUT2D eigenvalue weighted by Crippen LogP contribution is -2.62. The smallest absolute Gasteiger partial charge is 0.163 e. The van der Waals surface area contributed by atoms with E-state index in [2.05, 4.69) is 32.2 Å². The van der Waals surface area contributed by atoms with Gasteiger partial charge in [-0.2, -0.15) is 0 Å². The van der Waals surface area contributed by atoms with E-state index in [1.165, 1.54) is 6.07 Å². The Morgan fingerprint density at radius 2 is 2.23 bits per heavy atom. The molecule has 30 heavy (non-hydrogen) atoms. The van der Waals surface area contributed by atoms with E-state index in [9.17, 15) is 4.39 Å². The molecule has 1 aromatic carbocycles. The van der Waals surface area contributed by atoms with Gasteiger partial charge < -0.3 is 18.9 Å². The highest BCUT2D eigenvalue weighted by Gasteiger charge is 2.52. The first-order valence-corrected chi connectivity index (χ1v) is 10.4. The maximum Gasteiger partial charge on any atom is 0.163 e. The molecule has 2 aliphatic heterocycles. The largest absolute Gasteiger partial charge is 0.376 e. The number of nitrogens with zero attached hydrogens (tertiary/aromatic N) is 3. The number of terminal acetylenes is 1. The fourth-order valence-electron chi connectivity index (χ4n) is 4.01. The van der Waals surface area contributed by atoms with Gasteiger partial charge in [-0.1, -0.05) is 11.3 Å². The molecule has 0 N–H and O–H groups in total. The first kappa shape index (κ1) is 21.4. The number of rotatable bonds is 4. The van der Waals surface area contributed by atoms with Gasteiger partial charge in [-0.25, -0.2) is 9.07 Å². The number of fused-ring (bicyclic) bond motifs is 1. The normalized spacial score (nSPS) is 30.5. The molecule has 7 nitrogen and oxygen atoms in total. The van der Waals surface area contributed by atoms with Gasteiger partial charge >= 0.3 is 0 Å². The Kier molecular flexibility index (Phi) is 5.97. The van der Waals surface area contributed by atoms with E-state index in [1.54, 1.807) is 30.1 Å². The Balaban J connectivity index is 1.72. The van der Waals surface area contributed by atoms with Crippen LogP contribution in [0.1, 0.15) is 26.3 Å². The van der Waals surface area contributed by atoms with Crippen molar-refractivity contribution in [1.82, 2.24) is 15.0 Å². The molecule has 0 amide bonds. The van der Waals surface area contributed by atoms with Crippen molar-refractivity contribution >= 4 is 15.9 Å². The predicted molar refractivity (Wildman–Crippen MR) is 110 cm³/mol. The number of hydrogen-bond acceptors (Lipinski definition) is 6. The van der Waals surface area contributed by atoms with Gasteiger partial charge in [-0.05, 0) is 41.9 Å². The summed E-state index contributed by atoms with van der Waals surface area (Å²) in [6.07, 6.45) is 6.22. The van der Waals surface area contributed by atoms with Crippen LogP contribution in [0.2, 0.25) is 0 Å². The van der Waals surface area contributed by atoms with Crippen molar-refractivity contribution < 1.29 is 23.3 Å². The number of halogens is 2. The van der Waals surface area contributed by atoms with Gasteiger partial charge in [0.05, 0.1) is 23.4 Å². The van der Waals surface area contributed by atoms with Gasteiger partial charge in [0.25, 0.3) is 0 Å². The van der Waals surface area contributed by atoms with Gasteiger partial charge in [-0.3, -0.25) is 0 Å². The number of methoxy groups -OCH3 is 1. The molecule has 0 radical (unpaired) electrons. The monoisotopic (exact) mass is 479 g/mol. The molecule has 0 spiro atoms. The summed E-state index contributed by atoms with van der Waals surface area (Å²) >= 11 is 3.17. The predicted octanol–water partition coefficient (Wildman–Crippen LogP) is 3.35. The van der Waals surface area contributed by atoms with Crippen LogP contribution >= 0.6 is 15.9 Å². The van der Waals surface area contributed by atoms with Crippen molar-refractivity contribution in [3.05, 3.63) is 34.7 Å². The molecule has 2 aliphatic rings. The molecule has 160 valence electrons. The van der Waals surface area contributed by atoms with Crippen LogP contribution in [0.5, 0.6) is 0 Å². The fraction of sp³-hybridized carbons (Fsp3) is 0.524. The minimum atomic E-state index is -0.779. The average molecular weight is 480 g/mol. The second-order valence-corrected chi connectivity index (χ2v) is 8.67. The molecule has 2 aromatic rings. The number of hydrogen-bond donors (Lipinski definition) is 0. The van der Waals surface area contributed by atoms with E-state index in [0.717, 1.165) is 0 Å². The highest BCUT2D eigenvalue weighted by atomic mass is 79.9. The molecule has 0 bridgehead atoms. The Morgan fingerprint density at radius 1 is 1.43 bits per heavy atom. The molecule has 4 rings (SSSR count). The quantitative estimate of drug-likeness (QED) is 0.626. The van der Waals surface area contributed by atoms with E-state index in [0.29, 0.717) is 28.8 Å². The second kappa shape index (κ2) is 8.36. The number of ether oxygens (including phenoxy) is 4. The zero-order valence-electron chi connectivity index (χ0n) is 16.9. The molecule has 2 saturated heterocycles. The van der Waals surface area contributed by atoms with E-state index in [4.69, 9.17) is 25.4 Å². The summed E-state index contributed by atoms with van der Waals surface area (Å²) < 4.78 is 40.0. The van der Waals surface area contributed by atoms with Crippen LogP contribution in [-0.4, -0.2) is 58.9 Å². The Bertz CT molecular complexity index is 960. The van der Waals surface area contributed by atoms with Crippen molar-refractivity contribution in [2.24, 2.45) is 0 Å². The molecular weight excluding hydrogens is 457 g/mol. The molecule has 1 aromatic heterocycles. The van der Waals surface area contributed by atoms with Crippen LogP contribution in [0, 0.1) is 18.2 Å². The number of aromatic nitrogens is 3. The maximum atomic E-state index is 14.0. The Labute approximate surface area is 183 Å². The third-order valence-electron chi connectivity index (χ3n) is 5.39. The van der Waals surface area contributed by atoms with Gasteiger partial charge in [0.2, 0.25) is 0 Å². The molecule has 0 aliphatic carbocycles. The van der Waals surface area contributed by atoms with Crippen LogP contribution in [0.4, 0.5) is 4.39 Å². The van der Waals surface area contributed by atoms with Crippen molar-refractivity contribution in [2.75, 3.05) is 13.7 Å². The van der Waals surface area contributed by atoms with Crippen molar-refractivity contribution in [1.29, 1.82) is 0 Å². The first-order chi connectivity index (χ1) is 14.3. The van der Waals surface area contributed by atoms with Gasteiger partial charge in [-0.15, -0.1) is 17.4 Å². The lowest BCUT2D eigenvalue weighted by atomic mass is 9.90. The highest BCUT2D eigenvalue weighted by Crippen LogP contribution is 2.40. The summed E-state index contributed by atoms with van der Waals surface area (Å²) in [7, 11) is 1.61.